The number of ether oxygens (including phenoxy) is 3. The summed E-state index contributed by atoms with van der Waals surface area (Å²) in [6.07, 6.45) is 8.16. The molecule has 1 aliphatic heterocycles. The number of hydrogen-bond acceptors (Lipinski definition) is 4. The Kier molecular flexibility index (Phi) is 4.69. The van der Waals surface area contributed by atoms with Crippen LogP contribution < -0.4 is 4.74 Å². The van der Waals surface area contributed by atoms with Crippen molar-refractivity contribution < 1.29 is 19.0 Å². The van der Waals surface area contributed by atoms with E-state index >= 15 is 0 Å². The monoisotopic (exact) mass is 436 g/mol. The van der Waals surface area contributed by atoms with Crippen LogP contribution in [0.3, 0.4) is 0 Å². The maximum atomic E-state index is 13.3. The maximum Gasteiger partial charge on any atom is 0.169 e. The van der Waals surface area contributed by atoms with Crippen molar-refractivity contribution in [2.45, 2.75) is 76.9 Å². The highest BCUT2D eigenvalue weighted by molar-refractivity contribution is 5.88. The lowest BCUT2D eigenvalue weighted by molar-refractivity contribution is -0.182. The number of fused-ring (bicyclic) bond motifs is 4. The number of Topliss-reactive ketones (excluding diaryl/α,β-unsaturated/α-hetero) is 1. The molecule has 0 aromatic heterocycles. The van der Waals surface area contributed by atoms with Gasteiger partial charge in [-0.15, -0.1) is 0 Å². The highest BCUT2D eigenvalue weighted by atomic mass is 16.7. The number of carbonyl (C=O) groups excluding carboxylic acids is 1. The number of hydrogen-bond donors (Lipinski definition) is 0. The molecule has 1 unspecified atom stereocenters. The van der Waals surface area contributed by atoms with Gasteiger partial charge in [0.25, 0.3) is 0 Å². The summed E-state index contributed by atoms with van der Waals surface area (Å²) in [5.74, 6) is 2.42. The average molecular weight is 437 g/mol. The second-order valence-corrected chi connectivity index (χ2v) is 11.3. The molecule has 0 bridgehead atoms. The molecule has 1 saturated heterocycles. The van der Waals surface area contributed by atoms with Gasteiger partial charge in [-0.3, -0.25) is 4.79 Å². The van der Waals surface area contributed by atoms with E-state index in [9.17, 15) is 4.79 Å². The average Bonchev–Trinajstić information content (AvgIpc) is 3.35. The SMILES string of the molecule is COc1ccc([C@H]2C[C@]3(C)C(=O)CC[C@@]3(C)[C@@H]3CCC4CC5(CCC4=C32)OCCO5)cc1. The summed E-state index contributed by atoms with van der Waals surface area (Å²) >= 11 is 0. The van der Waals surface area contributed by atoms with Crippen LogP contribution in [0.25, 0.3) is 0 Å². The molecule has 3 saturated carbocycles. The van der Waals surface area contributed by atoms with Gasteiger partial charge in [0.1, 0.15) is 11.5 Å². The lowest BCUT2D eigenvalue weighted by Crippen LogP contribution is -2.51. The molecule has 1 spiro atoms. The van der Waals surface area contributed by atoms with Crippen molar-refractivity contribution in [3.8, 4) is 5.75 Å². The zero-order valence-electron chi connectivity index (χ0n) is 19.7. The third-order valence-electron chi connectivity index (χ3n) is 10.2. The Morgan fingerprint density at radius 3 is 2.44 bits per heavy atom. The summed E-state index contributed by atoms with van der Waals surface area (Å²) in [5, 5.41) is 0. The molecule has 6 rings (SSSR count). The van der Waals surface area contributed by atoms with Crippen LogP contribution in [0.2, 0.25) is 0 Å². The zero-order valence-corrected chi connectivity index (χ0v) is 19.7. The Labute approximate surface area is 191 Å². The van der Waals surface area contributed by atoms with Crippen LogP contribution in [0.5, 0.6) is 5.75 Å². The first kappa shape index (κ1) is 20.9. The Bertz CT molecular complexity index is 956. The van der Waals surface area contributed by atoms with E-state index in [2.05, 4.69) is 38.1 Å². The number of carbonyl (C=O) groups is 1. The molecule has 5 atom stereocenters. The molecular weight excluding hydrogens is 400 g/mol. The van der Waals surface area contributed by atoms with Crippen LogP contribution in [-0.2, 0) is 14.3 Å². The lowest BCUT2D eigenvalue weighted by atomic mass is 9.46. The van der Waals surface area contributed by atoms with E-state index < -0.39 is 0 Å². The topological polar surface area (TPSA) is 44.8 Å². The molecule has 32 heavy (non-hydrogen) atoms. The fourth-order valence-electron chi connectivity index (χ4n) is 8.22. The van der Waals surface area contributed by atoms with E-state index in [0.717, 1.165) is 57.5 Å². The predicted molar refractivity (Wildman–Crippen MR) is 123 cm³/mol. The van der Waals surface area contributed by atoms with Gasteiger partial charge in [0.2, 0.25) is 0 Å². The number of benzene rings is 1. The Hall–Kier alpha value is -1.65. The second-order valence-electron chi connectivity index (χ2n) is 11.3. The minimum atomic E-state index is -0.340. The zero-order chi connectivity index (χ0) is 22.1. The highest BCUT2D eigenvalue weighted by Crippen LogP contribution is 2.69. The van der Waals surface area contributed by atoms with E-state index in [1.807, 2.05) is 0 Å². The van der Waals surface area contributed by atoms with Crippen molar-refractivity contribution in [1.29, 1.82) is 0 Å². The van der Waals surface area contributed by atoms with Gasteiger partial charge in [0.15, 0.2) is 5.79 Å². The molecule has 0 N–H and O–H groups in total. The fourth-order valence-corrected chi connectivity index (χ4v) is 8.22. The molecule has 0 amide bonds. The molecule has 172 valence electrons. The summed E-state index contributed by atoms with van der Waals surface area (Å²) in [6, 6.07) is 8.63. The maximum absolute atomic E-state index is 13.3. The molecule has 1 aromatic rings. The quantitative estimate of drug-likeness (QED) is 0.549. The van der Waals surface area contributed by atoms with Crippen LogP contribution in [0.15, 0.2) is 35.4 Å². The van der Waals surface area contributed by atoms with Crippen molar-refractivity contribution in [3.05, 3.63) is 41.0 Å². The van der Waals surface area contributed by atoms with Crippen LogP contribution >= 0.6 is 0 Å². The standard InChI is InChI=1S/C28H36O4/c1-26-12-11-24(29)27(26,2)17-22(18-4-7-20(30-3)8-5-18)25-21-10-13-28(31-14-15-32-28)16-19(21)6-9-23(25)26/h4-5,7-8,19,22-23H,6,9-17H2,1-3H3/t19?,22-,23-,26+,27-/m1/s1. The van der Waals surface area contributed by atoms with Gasteiger partial charge in [-0.1, -0.05) is 37.1 Å². The van der Waals surface area contributed by atoms with Gasteiger partial charge in [-0.25, -0.2) is 0 Å². The molecule has 4 aliphatic carbocycles. The van der Waals surface area contributed by atoms with Gasteiger partial charge >= 0.3 is 0 Å². The Morgan fingerprint density at radius 1 is 0.969 bits per heavy atom. The first-order valence-electron chi connectivity index (χ1n) is 12.6. The summed E-state index contributed by atoms with van der Waals surface area (Å²) in [6.45, 7) is 6.17. The predicted octanol–water partition coefficient (Wildman–Crippen LogP) is 5.81. The highest BCUT2D eigenvalue weighted by Gasteiger charge is 2.64. The van der Waals surface area contributed by atoms with Crippen molar-refractivity contribution in [2.24, 2.45) is 22.7 Å². The van der Waals surface area contributed by atoms with Crippen molar-refractivity contribution in [3.63, 3.8) is 0 Å². The third-order valence-corrected chi connectivity index (χ3v) is 10.2. The molecule has 1 aromatic carbocycles. The van der Waals surface area contributed by atoms with Gasteiger partial charge in [0, 0.05) is 30.6 Å². The van der Waals surface area contributed by atoms with E-state index in [1.165, 1.54) is 18.4 Å². The summed E-state index contributed by atoms with van der Waals surface area (Å²) in [7, 11) is 1.72. The number of ketones is 1. The largest absolute Gasteiger partial charge is 0.497 e. The first-order valence-corrected chi connectivity index (χ1v) is 12.6. The summed E-state index contributed by atoms with van der Waals surface area (Å²) in [4.78, 5) is 13.3. The van der Waals surface area contributed by atoms with Crippen LogP contribution in [-0.4, -0.2) is 31.9 Å². The van der Waals surface area contributed by atoms with E-state index in [4.69, 9.17) is 14.2 Å². The molecule has 0 radical (unpaired) electrons. The minimum Gasteiger partial charge on any atom is -0.497 e. The molecule has 4 heteroatoms. The lowest BCUT2D eigenvalue weighted by Gasteiger charge is -2.57. The van der Waals surface area contributed by atoms with Crippen molar-refractivity contribution in [1.82, 2.24) is 0 Å². The van der Waals surface area contributed by atoms with E-state index in [1.54, 1.807) is 18.3 Å². The van der Waals surface area contributed by atoms with Crippen molar-refractivity contribution >= 4 is 5.78 Å². The minimum absolute atomic E-state index is 0.0792. The Balaban J connectivity index is 1.46. The van der Waals surface area contributed by atoms with Gasteiger partial charge in [0.05, 0.1) is 20.3 Å². The fraction of sp³-hybridized carbons (Fsp3) is 0.679. The number of methoxy groups -OCH3 is 1. The van der Waals surface area contributed by atoms with Crippen LogP contribution in [0, 0.1) is 22.7 Å². The van der Waals surface area contributed by atoms with Crippen molar-refractivity contribution in [2.75, 3.05) is 20.3 Å². The summed E-state index contributed by atoms with van der Waals surface area (Å²) in [5.41, 5.74) is 4.54. The van der Waals surface area contributed by atoms with Gasteiger partial charge in [-0.05, 0) is 67.1 Å². The van der Waals surface area contributed by atoms with Gasteiger partial charge < -0.3 is 14.2 Å². The van der Waals surface area contributed by atoms with Crippen LogP contribution in [0.4, 0.5) is 0 Å². The molecule has 5 aliphatic rings. The van der Waals surface area contributed by atoms with E-state index in [0.29, 0.717) is 23.5 Å². The summed E-state index contributed by atoms with van der Waals surface area (Å²) < 4.78 is 17.7. The van der Waals surface area contributed by atoms with E-state index in [-0.39, 0.29) is 16.6 Å². The molecule has 1 heterocycles. The normalized spacial score (nSPS) is 40.2. The third kappa shape index (κ3) is 2.78. The molecular formula is C28H36O4. The molecule has 4 nitrogen and oxygen atoms in total. The second kappa shape index (κ2) is 7.17. The first-order chi connectivity index (χ1) is 15.4. The molecule has 4 fully saturated rings. The smallest absolute Gasteiger partial charge is 0.169 e. The Morgan fingerprint density at radius 2 is 1.72 bits per heavy atom. The van der Waals surface area contributed by atoms with Gasteiger partial charge in [-0.2, -0.15) is 0 Å². The number of rotatable bonds is 2. The number of allylic oxidation sites excluding steroid dienone is 2. The van der Waals surface area contributed by atoms with Crippen LogP contribution in [0.1, 0.15) is 76.7 Å².